The molecule has 4 heteroatoms. The number of anilines is 1. The molecule has 0 unspecified atom stereocenters. The predicted molar refractivity (Wildman–Crippen MR) is 72.0 cm³/mol. The molecule has 1 saturated carbocycles. The average molecular weight is 304 g/mol. The van der Waals surface area contributed by atoms with Gasteiger partial charge in [-0.05, 0) is 40.8 Å². The first-order valence-electron chi connectivity index (χ1n) is 5.80. The van der Waals surface area contributed by atoms with Gasteiger partial charge in [0.25, 0.3) is 0 Å². The molecular formula is C12H16BrClN2. The zero-order chi connectivity index (χ0) is 11.4. The van der Waals surface area contributed by atoms with Crippen LogP contribution in [0.5, 0.6) is 0 Å². The minimum atomic E-state index is 0.517. The van der Waals surface area contributed by atoms with Crippen LogP contribution in [0, 0.1) is 5.92 Å². The second kappa shape index (κ2) is 5.87. The summed E-state index contributed by atoms with van der Waals surface area (Å²) in [5, 5.41) is 3.95. The van der Waals surface area contributed by atoms with Gasteiger partial charge in [0.15, 0.2) is 0 Å². The van der Waals surface area contributed by atoms with Crippen molar-refractivity contribution in [3.63, 3.8) is 0 Å². The smallest absolute Gasteiger partial charge is 0.143 e. The van der Waals surface area contributed by atoms with Crippen molar-refractivity contribution < 1.29 is 0 Å². The van der Waals surface area contributed by atoms with Crippen LogP contribution < -0.4 is 5.32 Å². The van der Waals surface area contributed by atoms with E-state index in [9.17, 15) is 0 Å². The quantitative estimate of drug-likeness (QED) is 0.832. The normalized spacial score (nSPS) is 17.4. The Kier molecular flexibility index (Phi) is 4.47. The van der Waals surface area contributed by atoms with Crippen molar-refractivity contribution in [3.05, 3.63) is 21.9 Å². The van der Waals surface area contributed by atoms with Crippen molar-refractivity contribution in [2.45, 2.75) is 32.1 Å². The van der Waals surface area contributed by atoms with Crippen molar-refractivity contribution in [3.8, 4) is 0 Å². The molecule has 88 valence electrons. The van der Waals surface area contributed by atoms with E-state index < -0.39 is 0 Å². The lowest BCUT2D eigenvalue weighted by atomic mass is 9.89. The van der Waals surface area contributed by atoms with Crippen LogP contribution in [0.3, 0.4) is 0 Å². The SMILES string of the molecule is Clc1ncc(NCC2CCCCC2)cc1Br. The average Bonchev–Trinajstić information content (AvgIpc) is 2.32. The molecule has 2 rings (SSSR count). The molecule has 1 heterocycles. The fourth-order valence-electron chi connectivity index (χ4n) is 2.17. The summed E-state index contributed by atoms with van der Waals surface area (Å²) in [6, 6.07) is 1.98. The molecule has 1 aromatic heterocycles. The summed E-state index contributed by atoms with van der Waals surface area (Å²) in [6.45, 7) is 1.05. The van der Waals surface area contributed by atoms with Crippen molar-refractivity contribution >= 4 is 33.2 Å². The van der Waals surface area contributed by atoms with Gasteiger partial charge < -0.3 is 5.32 Å². The zero-order valence-corrected chi connectivity index (χ0v) is 11.5. The van der Waals surface area contributed by atoms with Crippen molar-refractivity contribution in [1.82, 2.24) is 4.98 Å². The van der Waals surface area contributed by atoms with Crippen LogP contribution in [0.2, 0.25) is 5.15 Å². The van der Waals surface area contributed by atoms with Crippen LogP contribution in [-0.2, 0) is 0 Å². The number of aromatic nitrogens is 1. The van der Waals surface area contributed by atoms with E-state index in [0.29, 0.717) is 5.15 Å². The number of nitrogens with one attached hydrogen (secondary N) is 1. The molecule has 0 radical (unpaired) electrons. The lowest BCUT2D eigenvalue weighted by molar-refractivity contribution is 0.373. The van der Waals surface area contributed by atoms with Gasteiger partial charge in [-0.3, -0.25) is 0 Å². The Balaban J connectivity index is 1.86. The van der Waals surface area contributed by atoms with Gasteiger partial charge in [0.2, 0.25) is 0 Å². The first-order valence-corrected chi connectivity index (χ1v) is 6.98. The number of hydrogen-bond acceptors (Lipinski definition) is 2. The molecule has 1 N–H and O–H groups in total. The summed E-state index contributed by atoms with van der Waals surface area (Å²) in [4.78, 5) is 4.10. The number of nitrogens with zero attached hydrogens (tertiary/aromatic N) is 1. The molecule has 1 fully saturated rings. The van der Waals surface area contributed by atoms with E-state index in [0.717, 1.165) is 22.6 Å². The first-order chi connectivity index (χ1) is 7.75. The molecule has 0 amide bonds. The lowest BCUT2D eigenvalue weighted by Gasteiger charge is -2.22. The highest BCUT2D eigenvalue weighted by Gasteiger charge is 2.12. The van der Waals surface area contributed by atoms with Crippen LogP contribution in [0.1, 0.15) is 32.1 Å². The van der Waals surface area contributed by atoms with Crippen molar-refractivity contribution in [2.75, 3.05) is 11.9 Å². The summed E-state index contributed by atoms with van der Waals surface area (Å²) < 4.78 is 0.850. The van der Waals surface area contributed by atoms with E-state index >= 15 is 0 Å². The summed E-state index contributed by atoms with van der Waals surface area (Å²) in [6.07, 6.45) is 8.68. The highest BCUT2D eigenvalue weighted by molar-refractivity contribution is 9.10. The number of halogens is 2. The zero-order valence-electron chi connectivity index (χ0n) is 9.18. The number of rotatable bonds is 3. The molecule has 0 bridgehead atoms. The summed E-state index contributed by atoms with van der Waals surface area (Å²) >= 11 is 9.22. The van der Waals surface area contributed by atoms with Gasteiger partial charge in [-0.15, -0.1) is 0 Å². The molecule has 1 aliphatic carbocycles. The Hall–Kier alpha value is -0.280. The third-order valence-electron chi connectivity index (χ3n) is 3.12. The second-order valence-corrected chi connectivity index (χ2v) is 5.59. The monoisotopic (exact) mass is 302 g/mol. The summed E-state index contributed by atoms with van der Waals surface area (Å²) in [5.74, 6) is 0.822. The second-order valence-electron chi connectivity index (χ2n) is 4.38. The van der Waals surface area contributed by atoms with Crippen LogP contribution >= 0.6 is 27.5 Å². The van der Waals surface area contributed by atoms with Crippen molar-refractivity contribution in [2.24, 2.45) is 5.92 Å². The lowest BCUT2D eigenvalue weighted by Crippen LogP contribution is -2.17. The molecule has 0 aliphatic heterocycles. The maximum atomic E-state index is 5.84. The molecular weight excluding hydrogens is 288 g/mol. The van der Waals surface area contributed by atoms with E-state index in [4.69, 9.17) is 11.6 Å². The third kappa shape index (κ3) is 3.36. The van der Waals surface area contributed by atoms with Gasteiger partial charge >= 0.3 is 0 Å². The van der Waals surface area contributed by atoms with Crippen LogP contribution in [0.25, 0.3) is 0 Å². The Labute approximate surface area is 110 Å². The number of hydrogen-bond donors (Lipinski definition) is 1. The molecule has 0 saturated heterocycles. The van der Waals surface area contributed by atoms with Crippen LogP contribution in [0.15, 0.2) is 16.7 Å². The van der Waals surface area contributed by atoms with Gasteiger partial charge in [0, 0.05) is 6.54 Å². The van der Waals surface area contributed by atoms with Gasteiger partial charge in [0.1, 0.15) is 5.15 Å². The molecule has 1 aromatic rings. The topological polar surface area (TPSA) is 24.9 Å². The van der Waals surface area contributed by atoms with Gasteiger partial charge in [-0.2, -0.15) is 0 Å². The Morgan fingerprint density at radius 1 is 1.38 bits per heavy atom. The fourth-order valence-corrected chi connectivity index (χ4v) is 2.62. The molecule has 0 aromatic carbocycles. The molecule has 1 aliphatic rings. The summed E-state index contributed by atoms with van der Waals surface area (Å²) in [5.41, 5.74) is 1.04. The summed E-state index contributed by atoms with van der Waals surface area (Å²) in [7, 11) is 0. The number of pyridine rings is 1. The molecule has 0 spiro atoms. The van der Waals surface area contributed by atoms with Gasteiger partial charge in [0.05, 0.1) is 16.4 Å². The van der Waals surface area contributed by atoms with E-state index in [1.54, 1.807) is 6.20 Å². The predicted octanol–water partition coefficient (Wildman–Crippen LogP) is 4.49. The Morgan fingerprint density at radius 3 is 2.81 bits per heavy atom. The van der Waals surface area contributed by atoms with Crippen LogP contribution in [0.4, 0.5) is 5.69 Å². The van der Waals surface area contributed by atoms with Crippen LogP contribution in [-0.4, -0.2) is 11.5 Å². The largest absolute Gasteiger partial charge is 0.383 e. The van der Waals surface area contributed by atoms with E-state index in [-0.39, 0.29) is 0 Å². The van der Waals surface area contributed by atoms with Gasteiger partial charge in [-0.25, -0.2) is 4.98 Å². The fraction of sp³-hybridized carbons (Fsp3) is 0.583. The Morgan fingerprint density at radius 2 is 2.12 bits per heavy atom. The maximum absolute atomic E-state index is 5.84. The third-order valence-corrected chi connectivity index (χ3v) is 4.25. The van der Waals surface area contributed by atoms with E-state index in [1.165, 1.54) is 32.1 Å². The highest BCUT2D eigenvalue weighted by atomic mass is 79.9. The molecule has 16 heavy (non-hydrogen) atoms. The minimum Gasteiger partial charge on any atom is -0.383 e. The van der Waals surface area contributed by atoms with E-state index in [2.05, 4.69) is 26.2 Å². The van der Waals surface area contributed by atoms with E-state index in [1.807, 2.05) is 6.07 Å². The molecule has 0 atom stereocenters. The standard InChI is InChI=1S/C12H16BrClN2/c13-11-6-10(8-16-12(11)14)15-7-9-4-2-1-3-5-9/h6,8-9,15H,1-5,7H2. The minimum absolute atomic E-state index is 0.517. The van der Waals surface area contributed by atoms with Gasteiger partial charge in [-0.1, -0.05) is 30.9 Å². The Bertz CT molecular complexity index is 351. The first kappa shape index (κ1) is 12.2. The maximum Gasteiger partial charge on any atom is 0.143 e. The highest BCUT2D eigenvalue weighted by Crippen LogP contribution is 2.26. The van der Waals surface area contributed by atoms with Crippen molar-refractivity contribution in [1.29, 1.82) is 0 Å². The molecule has 2 nitrogen and oxygen atoms in total.